The first-order chi connectivity index (χ1) is 7.76. The minimum absolute atomic E-state index is 0.556. The number of aryl methyl sites for hydroxylation is 2. The van der Waals surface area contributed by atoms with E-state index in [1.165, 1.54) is 0 Å². The Hall–Kier alpha value is -1.13. The number of aliphatic hydroxyl groups is 1. The molecule has 0 radical (unpaired) electrons. The Labute approximate surface area is 99.4 Å². The van der Waals surface area contributed by atoms with Gasteiger partial charge in [-0.15, -0.1) is 0 Å². The molecule has 86 valence electrons. The molecule has 0 saturated heterocycles. The van der Waals surface area contributed by atoms with Crippen LogP contribution in [0, 0.1) is 0 Å². The van der Waals surface area contributed by atoms with Gasteiger partial charge in [-0.25, -0.2) is 0 Å². The molecule has 2 aromatic heterocycles. The first-order valence-corrected chi connectivity index (χ1v) is 6.47. The van der Waals surface area contributed by atoms with E-state index in [0.29, 0.717) is 0 Å². The molecule has 0 amide bonds. The average molecular weight is 236 g/mol. The van der Waals surface area contributed by atoms with Gasteiger partial charge in [0.2, 0.25) is 0 Å². The molecule has 2 rings (SSSR count). The predicted octanol–water partition coefficient (Wildman–Crippen LogP) is 2.61. The molecule has 0 fully saturated rings. The van der Waals surface area contributed by atoms with Gasteiger partial charge in [-0.1, -0.05) is 6.92 Å². The Balaban J connectivity index is 2.35. The normalized spacial score (nSPS) is 12.9. The van der Waals surface area contributed by atoms with Gasteiger partial charge in [0.15, 0.2) is 0 Å². The molecule has 2 aromatic rings. The van der Waals surface area contributed by atoms with Crippen LogP contribution in [0.5, 0.6) is 0 Å². The van der Waals surface area contributed by atoms with E-state index in [9.17, 15) is 5.11 Å². The van der Waals surface area contributed by atoms with Crippen LogP contribution in [-0.2, 0) is 13.0 Å². The van der Waals surface area contributed by atoms with Crippen molar-refractivity contribution in [1.29, 1.82) is 0 Å². The monoisotopic (exact) mass is 236 g/mol. The highest BCUT2D eigenvalue weighted by atomic mass is 32.1. The lowest BCUT2D eigenvalue weighted by atomic mass is 10.1. The zero-order valence-electron chi connectivity index (χ0n) is 9.55. The van der Waals surface area contributed by atoms with E-state index in [-0.39, 0.29) is 0 Å². The molecule has 16 heavy (non-hydrogen) atoms. The van der Waals surface area contributed by atoms with Crippen LogP contribution in [0.2, 0.25) is 0 Å². The Kier molecular flexibility index (Phi) is 3.41. The Morgan fingerprint density at radius 1 is 1.50 bits per heavy atom. The van der Waals surface area contributed by atoms with Gasteiger partial charge < -0.3 is 5.11 Å². The maximum absolute atomic E-state index is 10.2. The van der Waals surface area contributed by atoms with Gasteiger partial charge in [-0.2, -0.15) is 16.4 Å². The van der Waals surface area contributed by atoms with Crippen LogP contribution in [0.25, 0.3) is 0 Å². The highest BCUT2D eigenvalue weighted by molar-refractivity contribution is 7.07. The van der Waals surface area contributed by atoms with Crippen LogP contribution >= 0.6 is 11.3 Å². The van der Waals surface area contributed by atoms with Crippen LogP contribution in [0.4, 0.5) is 0 Å². The number of rotatable bonds is 4. The fourth-order valence-corrected chi connectivity index (χ4v) is 2.41. The summed E-state index contributed by atoms with van der Waals surface area (Å²) in [5.41, 5.74) is 2.87. The van der Waals surface area contributed by atoms with Crippen LogP contribution in [0.15, 0.2) is 22.9 Å². The molecule has 0 aromatic carbocycles. The van der Waals surface area contributed by atoms with Crippen molar-refractivity contribution in [2.75, 3.05) is 0 Å². The van der Waals surface area contributed by atoms with Gasteiger partial charge in [0.05, 0.1) is 11.4 Å². The summed E-state index contributed by atoms with van der Waals surface area (Å²) in [5, 5.41) is 18.6. The molecule has 0 aliphatic heterocycles. The van der Waals surface area contributed by atoms with Gasteiger partial charge in [-0.05, 0) is 41.8 Å². The minimum Gasteiger partial charge on any atom is -0.382 e. The third-order valence-corrected chi connectivity index (χ3v) is 3.36. The van der Waals surface area contributed by atoms with E-state index in [1.54, 1.807) is 11.3 Å². The molecule has 2 heterocycles. The van der Waals surface area contributed by atoms with E-state index in [4.69, 9.17) is 0 Å². The number of hydrogen-bond donors (Lipinski definition) is 1. The first kappa shape index (κ1) is 11.4. The molecule has 4 heteroatoms. The van der Waals surface area contributed by atoms with Crippen molar-refractivity contribution in [2.24, 2.45) is 0 Å². The van der Waals surface area contributed by atoms with Gasteiger partial charge in [-0.3, -0.25) is 4.68 Å². The maximum Gasteiger partial charge on any atom is 0.121 e. The highest BCUT2D eigenvalue weighted by Crippen LogP contribution is 2.24. The summed E-state index contributed by atoms with van der Waals surface area (Å²) in [6, 6.07) is 3.94. The standard InChI is InChI=1S/C12H16N2OS/c1-3-10-7-11(14(4-2)13-10)12(15)9-5-6-16-8-9/h5-8,12,15H,3-4H2,1-2H3. The van der Waals surface area contributed by atoms with Crippen molar-refractivity contribution in [2.45, 2.75) is 32.9 Å². The largest absolute Gasteiger partial charge is 0.382 e. The number of hydrogen-bond acceptors (Lipinski definition) is 3. The summed E-state index contributed by atoms with van der Waals surface area (Å²) >= 11 is 1.60. The van der Waals surface area contributed by atoms with Crippen molar-refractivity contribution in [3.05, 3.63) is 39.8 Å². The lowest BCUT2D eigenvalue weighted by Gasteiger charge is -2.10. The van der Waals surface area contributed by atoms with E-state index in [1.807, 2.05) is 34.5 Å². The summed E-state index contributed by atoms with van der Waals surface area (Å²) in [6.07, 6.45) is 0.343. The molecule has 3 nitrogen and oxygen atoms in total. The van der Waals surface area contributed by atoms with Crippen LogP contribution in [-0.4, -0.2) is 14.9 Å². The summed E-state index contributed by atoms with van der Waals surface area (Å²) in [6.45, 7) is 4.90. The molecule has 1 unspecified atom stereocenters. The van der Waals surface area contributed by atoms with E-state index in [0.717, 1.165) is 29.9 Å². The van der Waals surface area contributed by atoms with Crippen molar-refractivity contribution in [3.63, 3.8) is 0 Å². The van der Waals surface area contributed by atoms with E-state index >= 15 is 0 Å². The molecule has 0 aliphatic carbocycles. The molecular formula is C12H16N2OS. The lowest BCUT2D eigenvalue weighted by molar-refractivity contribution is 0.208. The average Bonchev–Trinajstić information content (AvgIpc) is 2.96. The zero-order valence-corrected chi connectivity index (χ0v) is 10.4. The second-order valence-electron chi connectivity index (χ2n) is 3.69. The molecule has 0 spiro atoms. The molecule has 0 saturated carbocycles. The number of nitrogens with zero attached hydrogens (tertiary/aromatic N) is 2. The van der Waals surface area contributed by atoms with Crippen LogP contribution in [0.1, 0.15) is 36.9 Å². The Morgan fingerprint density at radius 3 is 2.88 bits per heavy atom. The molecule has 1 N–H and O–H groups in total. The summed E-state index contributed by atoms with van der Waals surface area (Å²) in [7, 11) is 0. The third-order valence-electron chi connectivity index (χ3n) is 2.66. The molecular weight excluding hydrogens is 220 g/mol. The SMILES string of the molecule is CCc1cc(C(O)c2ccsc2)n(CC)n1. The van der Waals surface area contributed by atoms with Crippen molar-refractivity contribution < 1.29 is 5.11 Å². The van der Waals surface area contributed by atoms with E-state index in [2.05, 4.69) is 12.0 Å². The zero-order chi connectivity index (χ0) is 11.5. The summed E-state index contributed by atoms with van der Waals surface area (Å²) in [5.74, 6) is 0. The highest BCUT2D eigenvalue weighted by Gasteiger charge is 2.16. The topological polar surface area (TPSA) is 38.0 Å². The van der Waals surface area contributed by atoms with Crippen molar-refractivity contribution in [1.82, 2.24) is 9.78 Å². The van der Waals surface area contributed by atoms with Gasteiger partial charge in [0.25, 0.3) is 0 Å². The summed E-state index contributed by atoms with van der Waals surface area (Å²) < 4.78 is 1.88. The second kappa shape index (κ2) is 4.80. The maximum atomic E-state index is 10.2. The minimum atomic E-state index is -0.556. The molecule has 1 atom stereocenters. The van der Waals surface area contributed by atoms with Crippen molar-refractivity contribution in [3.8, 4) is 0 Å². The van der Waals surface area contributed by atoms with E-state index < -0.39 is 6.10 Å². The van der Waals surface area contributed by atoms with Gasteiger partial charge >= 0.3 is 0 Å². The van der Waals surface area contributed by atoms with Gasteiger partial charge in [0.1, 0.15) is 6.10 Å². The number of aromatic nitrogens is 2. The third kappa shape index (κ3) is 2.03. The second-order valence-corrected chi connectivity index (χ2v) is 4.47. The first-order valence-electron chi connectivity index (χ1n) is 5.53. The lowest BCUT2D eigenvalue weighted by Crippen LogP contribution is -2.08. The summed E-state index contributed by atoms with van der Waals surface area (Å²) in [4.78, 5) is 0. The number of thiophene rings is 1. The van der Waals surface area contributed by atoms with Crippen molar-refractivity contribution >= 4 is 11.3 Å². The van der Waals surface area contributed by atoms with Crippen LogP contribution in [0.3, 0.4) is 0 Å². The Bertz CT molecular complexity index is 448. The number of aliphatic hydroxyl groups excluding tert-OH is 1. The van der Waals surface area contributed by atoms with Crippen LogP contribution < -0.4 is 0 Å². The fourth-order valence-electron chi connectivity index (χ4n) is 1.73. The van der Waals surface area contributed by atoms with Gasteiger partial charge in [0, 0.05) is 6.54 Å². The molecule has 0 bridgehead atoms. The quantitative estimate of drug-likeness (QED) is 0.886. The fraction of sp³-hybridized carbons (Fsp3) is 0.417. The Morgan fingerprint density at radius 2 is 2.31 bits per heavy atom. The smallest absolute Gasteiger partial charge is 0.121 e. The molecule has 0 aliphatic rings. The predicted molar refractivity (Wildman–Crippen MR) is 65.7 cm³/mol.